The van der Waals surface area contributed by atoms with Crippen LogP contribution in [0.4, 0.5) is 4.39 Å². The van der Waals surface area contributed by atoms with Crippen molar-refractivity contribution in [2.75, 3.05) is 0 Å². The van der Waals surface area contributed by atoms with Gasteiger partial charge in [0.2, 0.25) is 0 Å². The van der Waals surface area contributed by atoms with Crippen LogP contribution in [0.15, 0.2) is 22.7 Å². The second kappa shape index (κ2) is 8.10. The van der Waals surface area contributed by atoms with E-state index in [2.05, 4.69) is 29.8 Å². The molecule has 2 atom stereocenters. The van der Waals surface area contributed by atoms with Crippen LogP contribution in [0.5, 0.6) is 0 Å². The summed E-state index contributed by atoms with van der Waals surface area (Å²) in [6, 6.07) is 4.18. The molecule has 1 aromatic carbocycles. The molecule has 1 aromatic rings. The lowest BCUT2D eigenvalue weighted by Crippen LogP contribution is -2.26. The van der Waals surface area contributed by atoms with Crippen LogP contribution in [0.25, 0.3) is 0 Å². The normalized spacial score (nSPS) is 14.2. The van der Waals surface area contributed by atoms with E-state index in [1.165, 1.54) is 6.07 Å². The first-order valence-electron chi connectivity index (χ1n) is 5.80. The highest BCUT2D eigenvalue weighted by Crippen LogP contribution is 2.23. The first-order valence-corrected chi connectivity index (χ1v) is 6.59. The van der Waals surface area contributed by atoms with Crippen LogP contribution in [0.1, 0.15) is 38.3 Å². The van der Waals surface area contributed by atoms with Gasteiger partial charge in [-0.3, -0.25) is 0 Å². The monoisotopic (exact) mass is 339 g/mol. The molecule has 0 aliphatic carbocycles. The SMILES string of the molecule is CC(C)CC[C@@H](O)[C@@H](N)c1ccc(Br)c(F)c1.Cl. The van der Waals surface area contributed by atoms with Crippen molar-refractivity contribution in [3.05, 3.63) is 34.1 Å². The number of nitrogens with two attached hydrogens (primary N) is 1. The van der Waals surface area contributed by atoms with Gasteiger partial charge in [-0.25, -0.2) is 4.39 Å². The zero-order valence-electron chi connectivity index (χ0n) is 10.6. The number of benzene rings is 1. The zero-order valence-corrected chi connectivity index (χ0v) is 13.0. The number of hydrogen-bond acceptors (Lipinski definition) is 2. The molecule has 0 aromatic heterocycles. The molecule has 0 amide bonds. The van der Waals surface area contributed by atoms with Gasteiger partial charge in [0.05, 0.1) is 16.6 Å². The molecule has 0 unspecified atom stereocenters. The van der Waals surface area contributed by atoms with E-state index in [1.54, 1.807) is 12.1 Å². The van der Waals surface area contributed by atoms with Crippen LogP contribution in [0.3, 0.4) is 0 Å². The molecule has 0 bridgehead atoms. The Bertz CT molecular complexity index is 376. The van der Waals surface area contributed by atoms with Gasteiger partial charge in [0.25, 0.3) is 0 Å². The van der Waals surface area contributed by atoms with Crippen molar-refractivity contribution in [1.82, 2.24) is 0 Å². The summed E-state index contributed by atoms with van der Waals surface area (Å²) in [6.07, 6.45) is 0.919. The third kappa shape index (κ3) is 5.22. The molecule has 0 aliphatic rings. The highest BCUT2D eigenvalue weighted by Gasteiger charge is 2.18. The number of rotatable bonds is 5. The fourth-order valence-corrected chi connectivity index (χ4v) is 1.87. The summed E-state index contributed by atoms with van der Waals surface area (Å²) in [7, 11) is 0. The molecule has 18 heavy (non-hydrogen) atoms. The minimum Gasteiger partial charge on any atom is -0.391 e. The predicted octanol–water partition coefficient (Wildman–Crippen LogP) is 3.81. The molecular weight excluding hydrogens is 321 g/mol. The van der Waals surface area contributed by atoms with Crippen molar-refractivity contribution in [3.8, 4) is 0 Å². The number of aliphatic hydroxyl groups excluding tert-OH is 1. The summed E-state index contributed by atoms with van der Waals surface area (Å²) in [5, 5.41) is 9.92. The van der Waals surface area contributed by atoms with Crippen molar-refractivity contribution in [1.29, 1.82) is 0 Å². The Morgan fingerprint density at radius 2 is 1.94 bits per heavy atom. The van der Waals surface area contributed by atoms with Crippen molar-refractivity contribution >= 4 is 28.3 Å². The molecule has 2 nitrogen and oxygen atoms in total. The Kier molecular flexibility index (Phi) is 8.03. The average Bonchev–Trinajstić information content (AvgIpc) is 2.28. The fourth-order valence-electron chi connectivity index (χ4n) is 1.63. The predicted molar refractivity (Wildman–Crippen MR) is 78.4 cm³/mol. The highest BCUT2D eigenvalue weighted by molar-refractivity contribution is 9.10. The van der Waals surface area contributed by atoms with Gasteiger partial charge in [0.1, 0.15) is 5.82 Å². The maximum Gasteiger partial charge on any atom is 0.137 e. The molecule has 0 aliphatic heterocycles. The summed E-state index contributed by atoms with van der Waals surface area (Å²) in [6.45, 7) is 4.19. The molecule has 0 heterocycles. The zero-order chi connectivity index (χ0) is 13.0. The maximum atomic E-state index is 13.3. The summed E-state index contributed by atoms with van der Waals surface area (Å²) in [5.74, 6) is 0.174. The van der Waals surface area contributed by atoms with Gasteiger partial charge in [-0.1, -0.05) is 19.9 Å². The minimum atomic E-state index is -0.627. The lowest BCUT2D eigenvalue weighted by Gasteiger charge is -2.20. The molecule has 0 fully saturated rings. The highest BCUT2D eigenvalue weighted by atomic mass is 79.9. The topological polar surface area (TPSA) is 46.2 Å². The van der Waals surface area contributed by atoms with E-state index < -0.39 is 12.1 Å². The Morgan fingerprint density at radius 3 is 2.44 bits per heavy atom. The van der Waals surface area contributed by atoms with Crippen molar-refractivity contribution < 1.29 is 9.50 Å². The average molecular weight is 341 g/mol. The molecule has 3 N–H and O–H groups in total. The fraction of sp³-hybridized carbons (Fsp3) is 0.538. The molecule has 104 valence electrons. The molecule has 1 rings (SSSR count). The summed E-state index contributed by atoms with van der Waals surface area (Å²) >= 11 is 3.09. The van der Waals surface area contributed by atoms with Crippen LogP contribution in [0, 0.1) is 11.7 Å². The van der Waals surface area contributed by atoms with Crippen LogP contribution in [-0.4, -0.2) is 11.2 Å². The Balaban J connectivity index is 0.00000289. The van der Waals surface area contributed by atoms with E-state index in [4.69, 9.17) is 5.73 Å². The second-order valence-electron chi connectivity index (χ2n) is 4.74. The summed E-state index contributed by atoms with van der Waals surface area (Å²) < 4.78 is 13.7. The van der Waals surface area contributed by atoms with Crippen molar-refractivity contribution in [2.24, 2.45) is 11.7 Å². The van der Waals surface area contributed by atoms with Gasteiger partial charge in [0, 0.05) is 0 Å². The summed E-state index contributed by atoms with van der Waals surface area (Å²) in [4.78, 5) is 0. The lowest BCUT2D eigenvalue weighted by molar-refractivity contribution is 0.128. The smallest absolute Gasteiger partial charge is 0.137 e. The van der Waals surface area contributed by atoms with E-state index in [0.717, 1.165) is 6.42 Å². The van der Waals surface area contributed by atoms with Crippen LogP contribution >= 0.6 is 28.3 Å². The minimum absolute atomic E-state index is 0. The largest absolute Gasteiger partial charge is 0.391 e. The van der Waals surface area contributed by atoms with Crippen LogP contribution < -0.4 is 5.73 Å². The van der Waals surface area contributed by atoms with E-state index in [0.29, 0.717) is 22.4 Å². The Hall–Kier alpha value is -0.160. The van der Waals surface area contributed by atoms with Gasteiger partial charge in [-0.05, 0) is 52.4 Å². The first kappa shape index (κ1) is 17.8. The molecule has 0 saturated heterocycles. The van der Waals surface area contributed by atoms with Crippen molar-refractivity contribution in [3.63, 3.8) is 0 Å². The third-order valence-electron chi connectivity index (χ3n) is 2.78. The standard InChI is InChI=1S/C13H19BrFNO.ClH/c1-8(2)3-6-12(17)13(16)9-4-5-10(14)11(15)7-9;/h4-5,7-8,12-13,17H,3,6,16H2,1-2H3;1H/t12-,13+;/m1./s1. The van der Waals surface area contributed by atoms with Gasteiger partial charge < -0.3 is 10.8 Å². The van der Waals surface area contributed by atoms with Crippen molar-refractivity contribution in [2.45, 2.75) is 38.8 Å². The number of halogens is 3. The first-order chi connectivity index (χ1) is 7.91. The second-order valence-corrected chi connectivity index (χ2v) is 5.59. The summed E-state index contributed by atoms with van der Waals surface area (Å²) in [5.41, 5.74) is 6.54. The molecule has 0 spiro atoms. The molecule has 0 radical (unpaired) electrons. The van der Waals surface area contributed by atoms with E-state index in [-0.39, 0.29) is 18.2 Å². The molecular formula is C13H20BrClFNO. The van der Waals surface area contributed by atoms with E-state index >= 15 is 0 Å². The maximum absolute atomic E-state index is 13.3. The Morgan fingerprint density at radius 1 is 1.33 bits per heavy atom. The molecule has 0 saturated carbocycles. The lowest BCUT2D eigenvalue weighted by atomic mass is 9.96. The third-order valence-corrected chi connectivity index (χ3v) is 3.43. The quantitative estimate of drug-likeness (QED) is 0.856. The van der Waals surface area contributed by atoms with Crippen LogP contribution in [0.2, 0.25) is 0 Å². The van der Waals surface area contributed by atoms with Gasteiger partial charge >= 0.3 is 0 Å². The number of hydrogen-bond donors (Lipinski definition) is 2. The van der Waals surface area contributed by atoms with Gasteiger partial charge in [0.15, 0.2) is 0 Å². The van der Waals surface area contributed by atoms with E-state index in [1.807, 2.05) is 0 Å². The van der Waals surface area contributed by atoms with Gasteiger partial charge in [-0.15, -0.1) is 12.4 Å². The Labute approximate surface area is 122 Å². The number of aliphatic hydroxyl groups is 1. The molecule has 5 heteroatoms. The van der Waals surface area contributed by atoms with Gasteiger partial charge in [-0.2, -0.15) is 0 Å². The van der Waals surface area contributed by atoms with E-state index in [9.17, 15) is 9.50 Å². The van der Waals surface area contributed by atoms with Crippen LogP contribution in [-0.2, 0) is 0 Å².